The van der Waals surface area contributed by atoms with Crippen molar-refractivity contribution in [3.63, 3.8) is 0 Å². The summed E-state index contributed by atoms with van der Waals surface area (Å²) in [6, 6.07) is 11.4. The molecule has 3 atom stereocenters. The number of amides is 1. The molecule has 0 saturated heterocycles. The first-order chi connectivity index (χ1) is 15.1. The van der Waals surface area contributed by atoms with E-state index in [9.17, 15) is 23.1 Å². The van der Waals surface area contributed by atoms with Crippen molar-refractivity contribution >= 4 is 17.4 Å². The van der Waals surface area contributed by atoms with Crippen molar-refractivity contribution < 1.29 is 23.1 Å². The molecule has 0 radical (unpaired) electrons. The van der Waals surface area contributed by atoms with E-state index in [2.05, 4.69) is 15.7 Å². The minimum absolute atomic E-state index is 0.0238. The van der Waals surface area contributed by atoms with Gasteiger partial charge in [-0.3, -0.25) is 4.79 Å². The largest absolute Gasteiger partial charge is 0.410 e. The fraction of sp³-hybridized carbons (Fsp3) is 0.304. The van der Waals surface area contributed by atoms with Gasteiger partial charge in [0, 0.05) is 12.1 Å². The quantitative estimate of drug-likeness (QED) is 0.520. The zero-order chi connectivity index (χ0) is 23.0. The van der Waals surface area contributed by atoms with Crippen LogP contribution < -0.4 is 10.6 Å². The molecule has 1 aromatic heterocycles. The lowest BCUT2D eigenvalue weighted by Gasteiger charge is -2.34. The van der Waals surface area contributed by atoms with Crippen molar-refractivity contribution in [1.29, 1.82) is 0 Å². The summed E-state index contributed by atoms with van der Waals surface area (Å²) in [6.45, 7) is 3.53. The molecule has 2 aromatic carbocycles. The van der Waals surface area contributed by atoms with Crippen LogP contribution in [-0.2, 0) is 0 Å². The molecule has 1 aliphatic heterocycles. The van der Waals surface area contributed by atoms with E-state index in [1.807, 2.05) is 19.1 Å². The molecule has 0 fully saturated rings. The number of fused-ring (bicyclic) bond motifs is 1. The first-order valence-corrected chi connectivity index (χ1v) is 10.2. The zero-order valence-electron chi connectivity index (χ0n) is 17.5. The van der Waals surface area contributed by atoms with Crippen molar-refractivity contribution in [2.24, 2.45) is 0 Å². The summed E-state index contributed by atoms with van der Waals surface area (Å²) in [4.78, 5) is 12.9. The van der Waals surface area contributed by atoms with Crippen molar-refractivity contribution in [1.82, 2.24) is 9.78 Å². The Bertz CT molecular complexity index is 1110. The van der Waals surface area contributed by atoms with E-state index in [1.54, 1.807) is 43.3 Å². The van der Waals surface area contributed by atoms with Gasteiger partial charge in [-0.2, -0.15) is 18.3 Å². The normalized spacial score (nSPS) is 19.1. The van der Waals surface area contributed by atoms with Crippen LogP contribution in [0.1, 0.15) is 58.6 Å². The van der Waals surface area contributed by atoms with E-state index < -0.39 is 30.3 Å². The molecule has 3 N–H and O–H groups in total. The van der Waals surface area contributed by atoms with E-state index in [4.69, 9.17) is 0 Å². The second-order valence-corrected chi connectivity index (χ2v) is 8.00. The van der Waals surface area contributed by atoms with Crippen LogP contribution >= 0.6 is 0 Å². The molecular formula is C23H23F3N4O2. The number of carbonyl (C=O) groups is 1. The number of nitrogens with zero attached hydrogens (tertiary/aromatic N) is 2. The Labute approximate surface area is 183 Å². The lowest BCUT2D eigenvalue weighted by atomic mass is 9.96. The van der Waals surface area contributed by atoms with Crippen LogP contribution in [0.15, 0.2) is 54.7 Å². The second kappa shape index (κ2) is 8.31. The van der Waals surface area contributed by atoms with Crippen molar-refractivity contribution in [2.45, 2.75) is 44.6 Å². The summed E-state index contributed by atoms with van der Waals surface area (Å²) >= 11 is 0. The number of alkyl halides is 3. The molecule has 4 rings (SSSR count). The molecule has 2 heterocycles. The summed E-state index contributed by atoms with van der Waals surface area (Å²) in [6.07, 6.45) is -4.25. The Hall–Kier alpha value is -3.33. The summed E-state index contributed by atoms with van der Waals surface area (Å²) in [5, 5.41) is 19.3. The van der Waals surface area contributed by atoms with Crippen LogP contribution in [-0.4, -0.2) is 27.0 Å². The van der Waals surface area contributed by atoms with E-state index in [1.165, 1.54) is 0 Å². The Morgan fingerprint density at radius 2 is 1.84 bits per heavy atom. The van der Waals surface area contributed by atoms with Crippen molar-refractivity contribution in [3.8, 4) is 0 Å². The third kappa shape index (κ3) is 4.34. The number of aliphatic hydroxyl groups is 1. The maximum absolute atomic E-state index is 13.8. The molecule has 0 unspecified atom stereocenters. The van der Waals surface area contributed by atoms with Gasteiger partial charge in [0.15, 0.2) is 6.04 Å². The van der Waals surface area contributed by atoms with Crippen LogP contribution in [0, 0.1) is 6.92 Å². The number of aryl methyl sites for hydroxylation is 1. The molecule has 3 aromatic rings. The monoisotopic (exact) mass is 444 g/mol. The maximum atomic E-state index is 13.8. The highest BCUT2D eigenvalue weighted by Crippen LogP contribution is 2.44. The molecule has 6 nitrogen and oxygen atoms in total. The van der Waals surface area contributed by atoms with Crippen LogP contribution in [0.25, 0.3) is 0 Å². The highest BCUT2D eigenvalue weighted by Gasteiger charge is 2.47. The third-order valence-electron chi connectivity index (χ3n) is 5.61. The minimum Gasteiger partial charge on any atom is -0.389 e. The Balaban J connectivity index is 1.64. The first kappa shape index (κ1) is 21.9. The number of carbonyl (C=O) groups excluding carboxylic acids is 1. The van der Waals surface area contributed by atoms with E-state index in [0.717, 1.165) is 16.4 Å². The molecular weight excluding hydrogens is 421 g/mol. The van der Waals surface area contributed by atoms with Gasteiger partial charge in [-0.25, -0.2) is 4.68 Å². The van der Waals surface area contributed by atoms with Crippen LogP contribution in [0.4, 0.5) is 24.7 Å². The summed E-state index contributed by atoms with van der Waals surface area (Å²) < 4.78 is 42.3. The van der Waals surface area contributed by atoms with Gasteiger partial charge in [-0.05, 0) is 37.1 Å². The number of aromatic nitrogens is 2. The fourth-order valence-electron chi connectivity index (χ4n) is 3.79. The Morgan fingerprint density at radius 3 is 2.44 bits per heavy atom. The number of halogens is 3. The molecule has 0 spiro atoms. The van der Waals surface area contributed by atoms with Crippen molar-refractivity contribution in [3.05, 3.63) is 77.0 Å². The fourth-order valence-corrected chi connectivity index (χ4v) is 3.79. The Morgan fingerprint density at radius 1 is 1.19 bits per heavy atom. The van der Waals surface area contributed by atoms with E-state index >= 15 is 0 Å². The molecule has 0 bridgehead atoms. The number of benzene rings is 2. The molecule has 168 valence electrons. The van der Waals surface area contributed by atoms with E-state index in [0.29, 0.717) is 16.8 Å². The molecule has 1 amide bonds. The van der Waals surface area contributed by atoms with Gasteiger partial charge in [0.1, 0.15) is 11.4 Å². The smallest absolute Gasteiger partial charge is 0.389 e. The van der Waals surface area contributed by atoms with Crippen LogP contribution in [0.2, 0.25) is 0 Å². The average Bonchev–Trinajstić information content (AvgIpc) is 3.17. The highest BCUT2D eigenvalue weighted by molar-refractivity contribution is 6.07. The number of hydrogen-bond acceptors (Lipinski definition) is 4. The summed E-state index contributed by atoms with van der Waals surface area (Å²) in [5.74, 6) is -0.545. The number of rotatable bonds is 4. The van der Waals surface area contributed by atoms with Crippen LogP contribution in [0.5, 0.6) is 0 Å². The van der Waals surface area contributed by atoms with E-state index in [-0.39, 0.29) is 17.8 Å². The predicted octanol–water partition coefficient (Wildman–Crippen LogP) is 5.16. The zero-order valence-corrected chi connectivity index (χ0v) is 17.5. The molecule has 9 heteroatoms. The standard InChI is InChI=1S/C23H23F3N4O2/c1-13-3-5-16(6-4-13)19-11-20(23(24,25)26)30-21(29-19)18(12-27-30)22(32)28-17-9-7-15(8-10-17)14(2)31/h3-10,12,14,19-20,29,31H,11H2,1-2H3,(H,28,32)/t14-,19-,20+/m1/s1. The number of nitrogens with one attached hydrogen (secondary N) is 2. The average molecular weight is 444 g/mol. The Kier molecular flexibility index (Phi) is 5.68. The van der Waals surface area contributed by atoms with Crippen LogP contribution in [0.3, 0.4) is 0 Å². The highest BCUT2D eigenvalue weighted by atomic mass is 19.4. The van der Waals surface area contributed by atoms with Gasteiger partial charge in [0.2, 0.25) is 0 Å². The van der Waals surface area contributed by atoms with Crippen molar-refractivity contribution in [2.75, 3.05) is 10.6 Å². The molecule has 1 aliphatic rings. The lowest BCUT2D eigenvalue weighted by molar-refractivity contribution is -0.173. The van der Waals surface area contributed by atoms with Gasteiger partial charge < -0.3 is 15.7 Å². The lowest BCUT2D eigenvalue weighted by Crippen LogP contribution is -2.36. The topological polar surface area (TPSA) is 79.2 Å². The van der Waals surface area contributed by atoms with Gasteiger partial charge in [-0.1, -0.05) is 42.0 Å². The predicted molar refractivity (Wildman–Crippen MR) is 115 cm³/mol. The minimum atomic E-state index is -4.52. The molecule has 0 saturated carbocycles. The number of aliphatic hydroxyl groups excluding tert-OH is 1. The van der Waals surface area contributed by atoms with Gasteiger partial charge in [0.05, 0.1) is 18.3 Å². The van der Waals surface area contributed by atoms with Gasteiger partial charge >= 0.3 is 6.18 Å². The maximum Gasteiger partial charge on any atom is 0.410 e. The second-order valence-electron chi connectivity index (χ2n) is 8.00. The van der Waals surface area contributed by atoms with Gasteiger partial charge in [0.25, 0.3) is 5.91 Å². The number of anilines is 2. The summed E-state index contributed by atoms with van der Waals surface area (Å²) in [5.41, 5.74) is 2.87. The number of hydrogen-bond donors (Lipinski definition) is 3. The third-order valence-corrected chi connectivity index (χ3v) is 5.61. The molecule has 32 heavy (non-hydrogen) atoms. The van der Waals surface area contributed by atoms with Gasteiger partial charge in [-0.15, -0.1) is 0 Å². The first-order valence-electron chi connectivity index (χ1n) is 10.2. The SMILES string of the molecule is Cc1ccc([C@H]2C[C@@H](C(F)(F)F)n3ncc(C(=O)Nc4ccc([C@@H](C)O)cc4)c3N2)cc1. The summed E-state index contributed by atoms with van der Waals surface area (Å²) in [7, 11) is 0. The molecule has 0 aliphatic carbocycles.